The quantitative estimate of drug-likeness (QED) is 0.0311. The Balaban J connectivity index is 1.22. The maximum atomic E-state index is 11.9. The van der Waals surface area contributed by atoms with Gasteiger partial charge in [-0.2, -0.15) is 0 Å². The number of rotatable bonds is 29. The molecular weight excluding hydrogens is 1100 g/mol. The van der Waals surface area contributed by atoms with Gasteiger partial charge in [-0.15, -0.1) is 0 Å². The van der Waals surface area contributed by atoms with Gasteiger partial charge in [0.25, 0.3) is 0 Å². The Morgan fingerprint density at radius 2 is 0.805 bits per heavy atom. The fraction of sp³-hybridized carbons (Fsp3) is 0.981. The Hall–Kier alpha value is -1.65. The van der Waals surface area contributed by atoms with Crippen molar-refractivity contribution in [3.8, 4) is 0 Å². The number of carbonyl (C=O) groups is 1. The lowest BCUT2D eigenvalue weighted by Gasteiger charge is -2.51. The molecule has 6 aliphatic rings. The van der Waals surface area contributed by atoms with Gasteiger partial charge in [-0.05, 0) is 40.0 Å². The van der Waals surface area contributed by atoms with Crippen LogP contribution in [0.3, 0.4) is 0 Å². The molecule has 0 unspecified atom stereocenters. The summed E-state index contributed by atoms with van der Waals surface area (Å²) < 4.78 is 71.8. The maximum absolute atomic E-state index is 11.9. The predicted molar refractivity (Wildman–Crippen MR) is 271 cm³/mol. The minimum Gasteiger partial charge on any atom is -0.481 e. The van der Waals surface area contributed by atoms with Crippen molar-refractivity contribution in [3.63, 3.8) is 0 Å². The zero-order valence-corrected chi connectivity index (χ0v) is 46.6. The average molecular weight is 1200 g/mol. The van der Waals surface area contributed by atoms with Crippen LogP contribution in [0.1, 0.15) is 111 Å². The van der Waals surface area contributed by atoms with Gasteiger partial charge in [0.1, 0.15) is 128 Å². The van der Waals surface area contributed by atoms with E-state index >= 15 is 0 Å². The number of unbranched alkanes of at least 4 members (excludes halogenated alkanes) is 8. The summed E-state index contributed by atoms with van der Waals surface area (Å²) in [5.74, 6) is -0.829. The van der Waals surface area contributed by atoms with Crippen LogP contribution in [-0.2, 0) is 61.6 Å². The van der Waals surface area contributed by atoms with E-state index in [0.717, 1.165) is 57.8 Å². The van der Waals surface area contributed by atoms with Crippen LogP contribution >= 0.6 is 0 Å². The summed E-state index contributed by atoms with van der Waals surface area (Å²) in [4.78, 5) is 10.9. The van der Waals surface area contributed by atoms with Crippen molar-refractivity contribution in [2.45, 2.75) is 302 Å². The lowest BCUT2D eigenvalue weighted by Crippen LogP contribution is -2.69. The number of carboxylic acids is 1. The van der Waals surface area contributed by atoms with E-state index in [0.29, 0.717) is 19.3 Å². The predicted octanol–water partition coefficient (Wildman–Crippen LogP) is -5.45. The third-order valence-corrected chi connectivity index (χ3v) is 16.2. The number of aliphatic carboxylic acids is 1. The van der Waals surface area contributed by atoms with Crippen molar-refractivity contribution >= 4 is 5.97 Å². The van der Waals surface area contributed by atoms with Crippen LogP contribution in [0.15, 0.2) is 0 Å². The molecule has 31 atom stereocenters. The van der Waals surface area contributed by atoms with Crippen LogP contribution in [0.4, 0.5) is 0 Å². The minimum absolute atomic E-state index is 0.122. The molecule has 17 N–H and O–H groups in total. The molecule has 0 radical (unpaired) electrons. The average Bonchev–Trinajstić information content (AvgIpc) is 2.84. The van der Waals surface area contributed by atoms with Crippen LogP contribution < -0.4 is 0 Å². The van der Waals surface area contributed by atoms with Gasteiger partial charge < -0.3 is 144 Å². The standard InChI is InChI=1S/C52H92O30/c1-5-6-12-15-24(16-13-10-8-7-9-11-14-17-28(55)56)75-51-45(37(65)31(59)23(4)74-51)81-52-46(82-48-40(68)35(63)30(58)22(3)73-48)44(33(61)25(18-53)76-52)80-50-42(70)38(66)43(26(19-54)77-50)79-49-41(69)36(64)32(60)27(78-49)20-71-47-39(67)34(62)29(57)21(2)72-47/h21-27,29-54,57-70H,5-20H2,1-4H3,(H,55,56)/t21-,22+,23-,24+,25-,26-,27-,29+,30+,31+,32-,33-,34+,35-,36+,37+,38-,39-,40-,41-,42-,43-,44+,45-,46-,47-,48+,49+,50+,51+,52+/m1/s1. The molecule has 6 saturated heterocycles. The van der Waals surface area contributed by atoms with E-state index in [9.17, 15) is 86.5 Å². The Morgan fingerprint density at radius 1 is 0.390 bits per heavy atom. The summed E-state index contributed by atoms with van der Waals surface area (Å²) in [5.41, 5.74) is 0. The molecule has 0 aromatic rings. The second kappa shape index (κ2) is 32.5. The second-order valence-electron chi connectivity index (χ2n) is 22.4. The van der Waals surface area contributed by atoms with E-state index in [1.165, 1.54) is 20.8 Å². The molecule has 30 nitrogen and oxygen atoms in total. The topological polar surface area (TPSA) is 472 Å². The van der Waals surface area contributed by atoms with Gasteiger partial charge in [0.15, 0.2) is 37.7 Å². The van der Waals surface area contributed by atoms with Crippen molar-refractivity contribution < 1.29 is 148 Å². The highest BCUT2D eigenvalue weighted by Gasteiger charge is 2.58. The molecule has 0 aliphatic carbocycles. The molecule has 0 spiro atoms. The van der Waals surface area contributed by atoms with Crippen LogP contribution in [0.2, 0.25) is 0 Å². The van der Waals surface area contributed by atoms with Gasteiger partial charge in [-0.25, -0.2) is 0 Å². The van der Waals surface area contributed by atoms with Gasteiger partial charge in [-0.3, -0.25) is 4.79 Å². The highest BCUT2D eigenvalue weighted by atomic mass is 16.8. The van der Waals surface area contributed by atoms with Crippen molar-refractivity contribution in [2.24, 2.45) is 0 Å². The van der Waals surface area contributed by atoms with E-state index < -0.39 is 216 Å². The molecule has 0 bridgehead atoms. The van der Waals surface area contributed by atoms with Crippen molar-refractivity contribution in [3.05, 3.63) is 0 Å². The summed E-state index contributed by atoms with van der Waals surface area (Å²) in [6, 6.07) is 0. The smallest absolute Gasteiger partial charge is 0.303 e. The van der Waals surface area contributed by atoms with E-state index in [4.69, 9.17) is 61.9 Å². The normalized spacial score (nSPS) is 46.1. The Morgan fingerprint density at radius 3 is 1.38 bits per heavy atom. The molecule has 6 rings (SSSR count). The third kappa shape index (κ3) is 17.4. The Kier molecular flexibility index (Phi) is 27.6. The summed E-state index contributed by atoms with van der Waals surface area (Å²) >= 11 is 0. The third-order valence-electron chi connectivity index (χ3n) is 16.2. The minimum atomic E-state index is -2.23. The fourth-order valence-electron chi connectivity index (χ4n) is 10.9. The largest absolute Gasteiger partial charge is 0.481 e. The van der Waals surface area contributed by atoms with E-state index in [1.807, 2.05) is 6.92 Å². The number of carboxylic acid groups (broad SMARTS) is 1. The highest BCUT2D eigenvalue weighted by molar-refractivity contribution is 5.66. The first-order valence-corrected chi connectivity index (χ1v) is 28.7. The number of aliphatic hydroxyl groups excluding tert-OH is 16. The number of hydrogen-bond acceptors (Lipinski definition) is 29. The SMILES string of the molecule is CCCCC[C@@H](CCCCCCCCCC(=O)O)O[C@@H]1O[C@H](C)[C@H](O)[C@H](O)[C@H]1O[C@@H]1O[C@H](CO)[C@@H](O)[C@H](O[C@@H]2O[C@H](CO)[C@@H](O[C@@H]3O[C@H](CO[C@@H]4O[C@H](C)[C@H](O)[C@H](O)[C@H]4O)[C@@H](O)[C@H](O)[C@H]3O)[C@H](O)[C@H]2O)[C@H]1O[C@@H]1O[C@@H](C)[C@H](O)[C@@H](O)[C@H]1O. The van der Waals surface area contributed by atoms with E-state index in [-0.39, 0.29) is 6.42 Å². The van der Waals surface area contributed by atoms with Gasteiger partial charge in [-0.1, -0.05) is 64.7 Å². The van der Waals surface area contributed by atoms with E-state index in [2.05, 4.69) is 0 Å². The molecule has 0 saturated carbocycles. The van der Waals surface area contributed by atoms with Crippen LogP contribution in [0.25, 0.3) is 0 Å². The molecule has 0 aromatic heterocycles. The number of ether oxygens (including phenoxy) is 12. The van der Waals surface area contributed by atoms with Crippen LogP contribution in [0, 0.1) is 0 Å². The maximum Gasteiger partial charge on any atom is 0.303 e. The molecule has 30 heteroatoms. The molecular formula is C52H92O30. The summed E-state index contributed by atoms with van der Waals surface area (Å²) in [5, 5.41) is 184. The van der Waals surface area contributed by atoms with Crippen molar-refractivity contribution in [2.75, 3.05) is 19.8 Å². The van der Waals surface area contributed by atoms with Gasteiger partial charge in [0, 0.05) is 6.42 Å². The fourth-order valence-corrected chi connectivity index (χ4v) is 10.9. The number of hydrogen-bond donors (Lipinski definition) is 17. The monoisotopic (exact) mass is 1200 g/mol. The van der Waals surface area contributed by atoms with Crippen LogP contribution in [0.5, 0.6) is 0 Å². The zero-order valence-electron chi connectivity index (χ0n) is 46.6. The molecule has 480 valence electrons. The molecule has 82 heavy (non-hydrogen) atoms. The van der Waals surface area contributed by atoms with E-state index in [1.54, 1.807) is 0 Å². The van der Waals surface area contributed by atoms with Gasteiger partial charge >= 0.3 is 5.97 Å². The lowest BCUT2D eigenvalue weighted by atomic mass is 9.95. The number of aliphatic hydroxyl groups is 16. The van der Waals surface area contributed by atoms with Gasteiger partial charge in [0.2, 0.25) is 0 Å². The summed E-state index contributed by atoms with van der Waals surface area (Å²) in [6.45, 7) is 3.59. The Labute approximate surface area is 474 Å². The molecule has 0 aromatic carbocycles. The highest BCUT2D eigenvalue weighted by Crippen LogP contribution is 2.38. The molecule has 6 aliphatic heterocycles. The summed E-state index contributed by atoms with van der Waals surface area (Å²) in [6.07, 6.45) is -43.8. The van der Waals surface area contributed by atoms with Crippen molar-refractivity contribution in [1.29, 1.82) is 0 Å². The first-order valence-electron chi connectivity index (χ1n) is 28.7. The van der Waals surface area contributed by atoms with Crippen molar-refractivity contribution in [1.82, 2.24) is 0 Å². The first-order chi connectivity index (χ1) is 38.9. The summed E-state index contributed by atoms with van der Waals surface area (Å²) in [7, 11) is 0. The zero-order chi connectivity index (χ0) is 60.3. The molecule has 0 amide bonds. The lowest BCUT2D eigenvalue weighted by molar-refractivity contribution is -0.412. The van der Waals surface area contributed by atoms with Gasteiger partial charge in [0.05, 0.1) is 44.2 Å². The second-order valence-corrected chi connectivity index (χ2v) is 22.4. The molecule has 6 fully saturated rings. The Bertz CT molecular complexity index is 1850. The molecule has 6 heterocycles. The first kappa shape index (κ1) is 69.5. The van der Waals surface area contributed by atoms with Crippen LogP contribution in [-0.4, -0.2) is 303 Å².